The van der Waals surface area contributed by atoms with Crippen LogP contribution in [0.5, 0.6) is 0 Å². The number of amides is 1. The fraction of sp³-hybridized carbons (Fsp3) is 0.611. The third-order valence-corrected chi connectivity index (χ3v) is 4.81. The fourth-order valence-corrected chi connectivity index (χ4v) is 3.51. The molecule has 2 unspecified atom stereocenters. The number of anilines is 1. The average molecular weight is 318 g/mol. The number of likely N-dealkylation sites (tertiary alicyclic amines) is 1. The van der Waals surface area contributed by atoms with Gasteiger partial charge < -0.3 is 20.1 Å². The van der Waals surface area contributed by atoms with Crippen LogP contribution in [0, 0.1) is 0 Å². The molecular weight excluding hydrogens is 292 g/mol. The van der Waals surface area contributed by atoms with E-state index >= 15 is 0 Å². The summed E-state index contributed by atoms with van der Waals surface area (Å²) in [7, 11) is 0. The highest BCUT2D eigenvalue weighted by Crippen LogP contribution is 2.24. The monoisotopic (exact) mass is 318 g/mol. The molecule has 2 aliphatic heterocycles. The van der Waals surface area contributed by atoms with Gasteiger partial charge in [0.05, 0.1) is 24.3 Å². The van der Waals surface area contributed by atoms with Crippen LogP contribution >= 0.6 is 0 Å². The summed E-state index contributed by atoms with van der Waals surface area (Å²) in [6.45, 7) is 2.45. The highest BCUT2D eigenvalue weighted by atomic mass is 16.5. The maximum atomic E-state index is 12.8. The lowest BCUT2D eigenvalue weighted by Crippen LogP contribution is -2.38. The number of benzene rings is 1. The van der Waals surface area contributed by atoms with Gasteiger partial charge >= 0.3 is 0 Å². The lowest BCUT2D eigenvalue weighted by molar-refractivity contribution is 0.0678. The van der Waals surface area contributed by atoms with Crippen molar-refractivity contribution in [2.45, 2.75) is 44.2 Å². The van der Waals surface area contributed by atoms with Gasteiger partial charge in [-0.2, -0.15) is 0 Å². The summed E-state index contributed by atoms with van der Waals surface area (Å²) in [6, 6.07) is 7.61. The van der Waals surface area contributed by atoms with Gasteiger partial charge in [0, 0.05) is 25.4 Å². The molecule has 0 aromatic heterocycles. The Balaban J connectivity index is 1.63. The van der Waals surface area contributed by atoms with Gasteiger partial charge in [0.15, 0.2) is 0 Å². The van der Waals surface area contributed by atoms with Crippen LogP contribution in [0.1, 0.15) is 42.5 Å². The van der Waals surface area contributed by atoms with Gasteiger partial charge in [0.25, 0.3) is 5.91 Å². The van der Waals surface area contributed by atoms with Gasteiger partial charge in [-0.25, -0.2) is 0 Å². The maximum Gasteiger partial charge on any atom is 0.256 e. The second kappa shape index (κ2) is 7.79. The number of aliphatic hydroxyl groups excluding tert-OH is 1. The van der Waals surface area contributed by atoms with E-state index in [4.69, 9.17) is 4.74 Å². The second-order valence-corrected chi connectivity index (χ2v) is 6.37. The van der Waals surface area contributed by atoms with E-state index in [-0.39, 0.29) is 18.6 Å². The summed E-state index contributed by atoms with van der Waals surface area (Å²) < 4.78 is 5.64. The summed E-state index contributed by atoms with van der Waals surface area (Å²) in [4.78, 5) is 14.6. The summed E-state index contributed by atoms with van der Waals surface area (Å²) >= 11 is 0. The Bertz CT molecular complexity index is 529. The number of nitrogens with one attached hydrogen (secondary N) is 1. The normalized spacial score (nSPS) is 24.1. The number of aliphatic hydroxyl groups is 1. The molecule has 0 bridgehead atoms. The van der Waals surface area contributed by atoms with Crippen LogP contribution in [0.25, 0.3) is 0 Å². The van der Waals surface area contributed by atoms with Crippen molar-refractivity contribution in [3.63, 3.8) is 0 Å². The van der Waals surface area contributed by atoms with Gasteiger partial charge in [-0.1, -0.05) is 12.1 Å². The van der Waals surface area contributed by atoms with Crippen molar-refractivity contribution in [1.29, 1.82) is 0 Å². The Labute approximate surface area is 137 Å². The Morgan fingerprint density at radius 2 is 2.17 bits per heavy atom. The molecule has 23 heavy (non-hydrogen) atoms. The van der Waals surface area contributed by atoms with Crippen molar-refractivity contribution in [1.82, 2.24) is 4.90 Å². The van der Waals surface area contributed by atoms with Gasteiger partial charge in [0.2, 0.25) is 0 Å². The Morgan fingerprint density at radius 1 is 1.30 bits per heavy atom. The quantitative estimate of drug-likeness (QED) is 0.844. The van der Waals surface area contributed by atoms with E-state index in [1.807, 2.05) is 24.3 Å². The molecule has 0 saturated carbocycles. The van der Waals surface area contributed by atoms with Crippen LogP contribution < -0.4 is 5.32 Å². The molecule has 1 amide bonds. The van der Waals surface area contributed by atoms with E-state index in [9.17, 15) is 9.90 Å². The molecule has 2 atom stereocenters. The second-order valence-electron chi connectivity index (χ2n) is 6.37. The topological polar surface area (TPSA) is 61.8 Å². The molecule has 1 aromatic carbocycles. The van der Waals surface area contributed by atoms with Crippen molar-refractivity contribution >= 4 is 11.6 Å². The van der Waals surface area contributed by atoms with Crippen LogP contribution in [-0.4, -0.2) is 54.4 Å². The first-order valence-electron chi connectivity index (χ1n) is 8.66. The number of carbonyl (C=O) groups is 1. The van der Waals surface area contributed by atoms with Crippen molar-refractivity contribution < 1.29 is 14.6 Å². The van der Waals surface area contributed by atoms with E-state index < -0.39 is 0 Å². The third-order valence-electron chi connectivity index (χ3n) is 4.81. The van der Waals surface area contributed by atoms with Gasteiger partial charge in [-0.3, -0.25) is 4.79 Å². The lowest BCUT2D eigenvalue weighted by atomic mass is 10.1. The molecule has 5 heteroatoms. The fourth-order valence-electron chi connectivity index (χ4n) is 3.51. The Hall–Kier alpha value is -1.59. The zero-order valence-corrected chi connectivity index (χ0v) is 13.5. The molecule has 2 fully saturated rings. The molecule has 2 aliphatic rings. The lowest BCUT2D eigenvalue weighted by Gasteiger charge is -2.24. The summed E-state index contributed by atoms with van der Waals surface area (Å²) in [5.74, 6) is 0.0155. The standard InChI is InChI=1S/C18H26N2O3/c21-13-14-5-3-11-20(14)18(22)16-7-1-2-8-17(16)19-10-9-15-6-4-12-23-15/h1-2,7-8,14-15,19,21H,3-6,9-13H2. The highest BCUT2D eigenvalue weighted by molar-refractivity contribution is 5.99. The smallest absolute Gasteiger partial charge is 0.256 e. The van der Waals surface area contributed by atoms with E-state index in [2.05, 4.69) is 5.32 Å². The minimum atomic E-state index is -0.0394. The molecule has 0 spiro atoms. The Kier molecular flexibility index (Phi) is 5.51. The van der Waals surface area contributed by atoms with E-state index in [1.165, 1.54) is 0 Å². The predicted molar refractivity (Wildman–Crippen MR) is 89.7 cm³/mol. The molecule has 0 radical (unpaired) electrons. The van der Waals surface area contributed by atoms with Crippen molar-refractivity contribution in [2.24, 2.45) is 0 Å². The Morgan fingerprint density at radius 3 is 2.96 bits per heavy atom. The van der Waals surface area contributed by atoms with Gasteiger partial charge in [0.1, 0.15) is 0 Å². The van der Waals surface area contributed by atoms with E-state index in [1.54, 1.807) is 4.90 Å². The van der Waals surface area contributed by atoms with Crippen LogP contribution in [0.3, 0.4) is 0 Å². The minimum absolute atomic E-state index is 0.0155. The number of nitrogens with zero attached hydrogens (tertiary/aromatic N) is 1. The van der Waals surface area contributed by atoms with Gasteiger partial charge in [-0.15, -0.1) is 0 Å². The third kappa shape index (κ3) is 3.85. The van der Waals surface area contributed by atoms with Crippen LogP contribution in [0.2, 0.25) is 0 Å². The highest BCUT2D eigenvalue weighted by Gasteiger charge is 2.29. The van der Waals surface area contributed by atoms with Crippen LogP contribution in [-0.2, 0) is 4.74 Å². The molecule has 3 rings (SSSR count). The molecule has 2 heterocycles. The largest absolute Gasteiger partial charge is 0.394 e. The number of para-hydroxylation sites is 1. The minimum Gasteiger partial charge on any atom is -0.394 e. The maximum absolute atomic E-state index is 12.8. The van der Waals surface area contributed by atoms with Crippen molar-refractivity contribution in [3.05, 3.63) is 29.8 Å². The number of carbonyl (C=O) groups excluding carboxylic acids is 1. The molecule has 0 aliphatic carbocycles. The number of hydrogen-bond acceptors (Lipinski definition) is 4. The van der Waals surface area contributed by atoms with Crippen molar-refractivity contribution in [2.75, 3.05) is 31.6 Å². The first kappa shape index (κ1) is 16.3. The van der Waals surface area contributed by atoms with Crippen LogP contribution in [0.15, 0.2) is 24.3 Å². The molecule has 126 valence electrons. The molecule has 5 nitrogen and oxygen atoms in total. The summed E-state index contributed by atoms with van der Waals surface area (Å²) in [6.07, 6.45) is 5.45. The first-order valence-corrected chi connectivity index (χ1v) is 8.66. The summed E-state index contributed by atoms with van der Waals surface area (Å²) in [5.41, 5.74) is 1.57. The van der Waals surface area contributed by atoms with Crippen LogP contribution in [0.4, 0.5) is 5.69 Å². The van der Waals surface area contributed by atoms with E-state index in [0.717, 1.165) is 57.5 Å². The number of rotatable bonds is 6. The molecular formula is C18H26N2O3. The average Bonchev–Trinajstić information content (AvgIpc) is 3.26. The predicted octanol–water partition coefficient (Wildman–Crippen LogP) is 2.26. The number of hydrogen-bond donors (Lipinski definition) is 2. The van der Waals surface area contributed by atoms with Gasteiger partial charge in [-0.05, 0) is 44.2 Å². The SMILES string of the molecule is O=C(c1ccccc1NCCC1CCCO1)N1CCCC1CO. The zero-order valence-electron chi connectivity index (χ0n) is 13.5. The summed E-state index contributed by atoms with van der Waals surface area (Å²) in [5, 5.41) is 12.8. The first-order chi connectivity index (χ1) is 11.3. The molecule has 2 saturated heterocycles. The molecule has 2 N–H and O–H groups in total. The zero-order chi connectivity index (χ0) is 16.1. The van der Waals surface area contributed by atoms with E-state index in [0.29, 0.717) is 11.7 Å². The molecule has 1 aromatic rings. The number of ether oxygens (including phenoxy) is 1. The van der Waals surface area contributed by atoms with Crippen molar-refractivity contribution in [3.8, 4) is 0 Å².